The zero-order valence-electron chi connectivity index (χ0n) is 11.1. The molecule has 0 saturated carbocycles. The maximum Gasteiger partial charge on any atom is 0.163 e. The molecule has 0 aliphatic heterocycles. The van der Waals surface area contributed by atoms with E-state index in [1.165, 1.54) is 16.8 Å². The quantitative estimate of drug-likeness (QED) is 0.710. The number of hydrogen-bond donors (Lipinski definition) is 0. The number of halogens is 2. The molecule has 3 aromatic rings. The largest absolute Gasteiger partial charge is 0.237 e. The fraction of sp³-hybridized carbons (Fsp3) is 0.200. The molecule has 0 atom stereocenters. The number of nitrogens with zero attached hydrogens (tertiary/aromatic N) is 3. The molecular formula is C15H13F2N3. The fourth-order valence-electron chi connectivity index (χ4n) is 2.22. The molecule has 0 amide bonds. The van der Waals surface area contributed by atoms with Gasteiger partial charge in [0.1, 0.15) is 11.5 Å². The summed E-state index contributed by atoms with van der Waals surface area (Å²) >= 11 is 0. The van der Waals surface area contributed by atoms with Crippen LogP contribution in [0.5, 0.6) is 0 Å². The van der Waals surface area contributed by atoms with Crippen molar-refractivity contribution in [3.8, 4) is 5.69 Å². The molecule has 1 aromatic carbocycles. The van der Waals surface area contributed by atoms with Crippen LogP contribution in [0, 0.1) is 11.6 Å². The average molecular weight is 273 g/mol. The highest BCUT2D eigenvalue weighted by molar-refractivity contribution is 5.80. The summed E-state index contributed by atoms with van der Waals surface area (Å²) in [5.41, 5.74) is 1.61. The van der Waals surface area contributed by atoms with Crippen molar-refractivity contribution in [1.29, 1.82) is 0 Å². The van der Waals surface area contributed by atoms with E-state index in [9.17, 15) is 8.78 Å². The van der Waals surface area contributed by atoms with Gasteiger partial charge in [0.25, 0.3) is 0 Å². The van der Waals surface area contributed by atoms with E-state index in [1.807, 2.05) is 26.0 Å². The first kappa shape index (κ1) is 12.7. The van der Waals surface area contributed by atoms with E-state index < -0.39 is 11.6 Å². The van der Waals surface area contributed by atoms with Crippen LogP contribution in [0.4, 0.5) is 8.78 Å². The predicted octanol–water partition coefficient (Wildman–Crippen LogP) is 3.82. The van der Waals surface area contributed by atoms with Crippen molar-refractivity contribution in [3.05, 3.63) is 53.9 Å². The van der Waals surface area contributed by atoms with E-state index in [4.69, 9.17) is 0 Å². The zero-order valence-corrected chi connectivity index (χ0v) is 11.1. The molecule has 0 bridgehead atoms. The zero-order chi connectivity index (χ0) is 14.3. The van der Waals surface area contributed by atoms with E-state index in [1.54, 1.807) is 6.20 Å². The van der Waals surface area contributed by atoms with Crippen LogP contribution < -0.4 is 0 Å². The van der Waals surface area contributed by atoms with Crippen LogP contribution in [0.25, 0.3) is 16.7 Å². The first-order valence-electron chi connectivity index (χ1n) is 6.37. The van der Waals surface area contributed by atoms with Crippen LogP contribution in [0.1, 0.15) is 25.5 Å². The summed E-state index contributed by atoms with van der Waals surface area (Å²) < 4.78 is 28.4. The van der Waals surface area contributed by atoms with Crippen LogP contribution in [-0.4, -0.2) is 14.8 Å². The van der Waals surface area contributed by atoms with E-state index in [0.29, 0.717) is 5.65 Å². The Kier molecular flexibility index (Phi) is 2.97. The second-order valence-corrected chi connectivity index (χ2v) is 4.92. The highest BCUT2D eigenvalue weighted by Gasteiger charge is 2.17. The van der Waals surface area contributed by atoms with Crippen molar-refractivity contribution in [2.24, 2.45) is 0 Å². The lowest BCUT2D eigenvalue weighted by Crippen LogP contribution is -2.02. The van der Waals surface area contributed by atoms with Crippen LogP contribution in [0.2, 0.25) is 0 Å². The minimum absolute atomic E-state index is 0.187. The molecule has 102 valence electrons. The molecule has 0 aliphatic rings. The van der Waals surface area contributed by atoms with Gasteiger partial charge < -0.3 is 0 Å². The Morgan fingerprint density at radius 3 is 2.65 bits per heavy atom. The van der Waals surface area contributed by atoms with E-state index in [-0.39, 0.29) is 11.6 Å². The van der Waals surface area contributed by atoms with Crippen molar-refractivity contribution in [2.45, 2.75) is 19.8 Å². The second-order valence-electron chi connectivity index (χ2n) is 4.92. The first-order chi connectivity index (χ1) is 9.58. The molecule has 3 rings (SSSR count). The van der Waals surface area contributed by atoms with Crippen molar-refractivity contribution in [1.82, 2.24) is 14.8 Å². The third-order valence-corrected chi connectivity index (χ3v) is 3.16. The standard InChI is InChI=1S/C15H13F2N3/c1-9(2)14-11-4-3-7-18-15(11)20(19-14)13-6-5-10(16)8-12(13)17/h3-9H,1-2H3. The summed E-state index contributed by atoms with van der Waals surface area (Å²) in [6.07, 6.45) is 1.63. The molecule has 0 saturated heterocycles. The van der Waals surface area contributed by atoms with E-state index in [0.717, 1.165) is 17.1 Å². The average Bonchev–Trinajstić information content (AvgIpc) is 2.78. The number of aromatic nitrogens is 3. The van der Waals surface area contributed by atoms with Crippen LogP contribution in [0.3, 0.4) is 0 Å². The number of hydrogen-bond acceptors (Lipinski definition) is 2. The highest BCUT2D eigenvalue weighted by atomic mass is 19.1. The number of benzene rings is 1. The summed E-state index contributed by atoms with van der Waals surface area (Å²) in [4.78, 5) is 4.26. The fourth-order valence-corrected chi connectivity index (χ4v) is 2.22. The van der Waals surface area contributed by atoms with Gasteiger partial charge in [0.2, 0.25) is 0 Å². The lowest BCUT2D eigenvalue weighted by molar-refractivity contribution is 0.573. The summed E-state index contributed by atoms with van der Waals surface area (Å²) in [6, 6.07) is 7.16. The van der Waals surface area contributed by atoms with Gasteiger partial charge in [0.15, 0.2) is 11.5 Å². The summed E-state index contributed by atoms with van der Waals surface area (Å²) in [6.45, 7) is 4.03. The third kappa shape index (κ3) is 1.95. The Balaban J connectivity index is 2.31. The van der Waals surface area contributed by atoms with Gasteiger partial charge in [-0.2, -0.15) is 5.10 Å². The minimum atomic E-state index is -0.657. The van der Waals surface area contributed by atoms with Gasteiger partial charge in [-0.25, -0.2) is 18.4 Å². The van der Waals surface area contributed by atoms with E-state index >= 15 is 0 Å². The number of fused-ring (bicyclic) bond motifs is 1. The van der Waals surface area contributed by atoms with Crippen LogP contribution >= 0.6 is 0 Å². The lowest BCUT2D eigenvalue weighted by atomic mass is 10.1. The normalized spacial score (nSPS) is 11.4. The third-order valence-electron chi connectivity index (χ3n) is 3.16. The Morgan fingerprint density at radius 1 is 1.15 bits per heavy atom. The minimum Gasteiger partial charge on any atom is -0.237 e. The first-order valence-corrected chi connectivity index (χ1v) is 6.37. The molecule has 0 N–H and O–H groups in total. The lowest BCUT2D eigenvalue weighted by Gasteiger charge is -2.04. The van der Waals surface area contributed by atoms with Gasteiger partial charge in [-0.05, 0) is 30.2 Å². The SMILES string of the molecule is CC(C)c1nn(-c2ccc(F)cc2F)c2ncccc12. The Labute approximate surface area is 114 Å². The molecule has 0 radical (unpaired) electrons. The monoisotopic (exact) mass is 273 g/mol. The highest BCUT2D eigenvalue weighted by Crippen LogP contribution is 2.26. The number of rotatable bonds is 2. The van der Waals surface area contributed by atoms with Gasteiger partial charge in [0, 0.05) is 17.6 Å². The molecule has 2 heterocycles. The molecule has 0 spiro atoms. The van der Waals surface area contributed by atoms with Gasteiger partial charge in [0.05, 0.1) is 5.69 Å². The van der Waals surface area contributed by atoms with Crippen LogP contribution in [0.15, 0.2) is 36.5 Å². The Bertz CT molecular complexity index is 778. The predicted molar refractivity (Wildman–Crippen MR) is 72.9 cm³/mol. The molecule has 5 heteroatoms. The van der Waals surface area contributed by atoms with Crippen molar-refractivity contribution in [3.63, 3.8) is 0 Å². The molecule has 2 aromatic heterocycles. The van der Waals surface area contributed by atoms with Gasteiger partial charge in [-0.15, -0.1) is 0 Å². The smallest absolute Gasteiger partial charge is 0.163 e. The molecular weight excluding hydrogens is 260 g/mol. The maximum atomic E-state index is 13.9. The topological polar surface area (TPSA) is 30.7 Å². The second kappa shape index (κ2) is 4.67. The molecule has 3 nitrogen and oxygen atoms in total. The van der Waals surface area contributed by atoms with Gasteiger partial charge >= 0.3 is 0 Å². The Hall–Kier alpha value is -2.30. The summed E-state index contributed by atoms with van der Waals surface area (Å²) in [7, 11) is 0. The summed E-state index contributed by atoms with van der Waals surface area (Å²) in [5.74, 6) is -1.08. The van der Waals surface area contributed by atoms with Crippen LogP contribution in [-0.2, 0) is 0 Å². The molecule has 0 fully saturated rings. The summed E-state index contributed by atoms with van der Waals surface area (Å²) in [5, 5.41) is 5.32. The van der Waals surface area contributed by atoms with Crippen molar-refractivity contribution >= 4 is 11.0 Å². The van der Waals surface area contributed by atoms with Gasteiger partial charge in [-0.3, -0.25) is 0 Å². The molecule has 0 aliphatic carbocycles. The van der Waals surface area contributed by atoms with Crippen molar-refractivity contribution in [2.75, 3.05) is 0 Å². The molecule has 0 unspecified atom stereocenters. The Morgan fingerprint density at radius 2 is 1.95 bits per heavy atom. The van der Waals surface area contributed by atoms with E-state index in [2.05, 4.69) is 10.1 Å². The number of pyridine rings is 1. The van der Waals surface area contributed by atoms with Gasteiger partial charge in [-0.1, -0.05) is 13.8 Å². The van der Waals surface area contributed by atoms with Crippen molar-refractivity contribution < 1.29 is 8.78 Å². The maximum absolute atomic E-state index is 13.9. The molecule has 20 heavy (non-hydrogen) atoms.